The molecule has 32 heavy (non-hydrogen) atoms. The Labute approximate surface area is 187 Å². The van der Waals surface area contributed by atoms with Crippen LogP contribution in [-0.4, -0.2) is 33.0 Å². The van der Waals surface area contributed by atoms with Crippen LogP contribution >= 0.6 is 0 Å². The molecule has 2 atom stereocenters. The highest BCUT2D eigenvalue weighted by Crippen LogP contribution is 2.37. The summed E-state index contributed by atoms with van der Waals surface area (Å²) in [6.07, 6.45) is 6.87. The molecule has 162 valence electrons. The van der Waals surface area contributed by atoms with Crippen LogP contribution in [0.3, 0.4) is 0 Å². The van der Waals surface area contributed by atoms with Gasteiger partial charge in [0.25, 0.3) is 0 Å². The van der Waals surface area contributed by atoms with Crippen LogP contribution in [0, 0.1) is 0 Å². The summed E-state index contributed by atoms with van der Waals surface area (Å²) in [5.74, 6) is 2.18. The summed E-state index contributed by atoms with van der Waals surface area (Å²) in [6, 6.07) is 14.2. The molecule has 2 fully saturated rings. The Morgan fingerprint density at radius 3 is 2.28 bits per heavy atom. The maximum atomic E-state index is 5.02. The first-order chi connectivity index (χ1) is 15.8. The van der Waals surface area contributed by atoms with Crippen molar-refractivity contribution in [3.8, 4) is 22.4 Å². The molecular weight excluding hydrogens is 396 g/mol. The molecule has 2 saturated heterocycles. The van der Waals surface area contributed by atoms with Gasteiger partial charge in [0.1, 0.15) is 11.6 Å². The van der Waals surface area contributed by atoms with Crippen LogP contribution in [0.25, 0.3) is 33.4 Å². The van der Waals surface area contributed by atoms with Crippen molar-refractivity contribution in [1.29, 1.82) is 0 Å². The topological polar surface area (TPSA) is 81.4 Å². The van der Waals surface area contributed by atoms with Gasteiger partial charge >= 0.3 is 0 Å². The summed E-state index contributed by atoms with van der Waals surface area (Å²) in [6.45, 7) is 2.17. The van der Waals surface area contributed by atoms with Crippen molar-refractivity contribution < 1.29 is 0 Å². The lowest BCUT2D eigenvalue weighted by atomic mass is 9.89. The highest BCUT2D eigenvalue weighted by molar-refractivity contribution is 5.83. The first-order valence-electron chi connectivity index (χ1n) is 12.0. The van der Waals surface area contributed by atoms with Crippen LogP contribution in [0.4, 0.5) is 0 Å². The zero-order chi connectivity index (χ0) is 21.1. The van der Waals surface area contributed by atoms with E-state index in [-0.39, 0.29) is 0 Å². The summed E-state index contributed by atoms with van der Waals surface area (Å²) in [5.41, 5.74) is 9.79. The summed E-state index contributed by atoms with van der Waals surface area (Å²) in [7, 11) is 0. The fourth-order valence-electron chi connectivity index (χ4n) is 5.68. The minimum absolute atomic E-state index is 0.363. The van der Waals surface area contributed by atoms with Crippen LogP contribution in [0.2, 0.25) is 0 Å². The fraction of sp³-hybridized carbons (Fsp3) is 0.385. The third-order valence-corrected chi connectivity index (χ3v) is 7.42. The molecule has 4 N–H and O–H groups in total. The minimum Gasteiger partial charge on any atom is -0.344 e. The lowest BCUT2D eigenvalue weighted by Gasteiger charge is -2.16. The molecule has 0 bridgehead atoms. The van der Waals surface area contributed by atoms with E-state index in [1.807, 2.05) is 0 Å². The summed E-state index contributed by atoms with van der Waals surface area (Å²) < 4.78 is 0. The molecule has 0 radical (unpaired) electrons. The van der Waals surface area contributed by atoms with Crippen LogP contribution in [0.5, 0.6) is 0 Å². The van der Waals surface area contributed by atoms with Crippen molar-refractivity contribution in [1.82, 2.24) is 30.6 Å². The van der Waals surface area contributed by atoms with Crippen LogP contribution in [-0.2, 0) is 12.8 Å². The molecule has 0 unspecified atom stereocenters. The van der Waals surface area contributed by atoms with Gasteiger partial charge in [-0.05, 0) is 80.4 Å². The lowest BCUT2D eigenvalue weighted by Crippen LogP contribution is -2.14. The minimum atomic E-state index is 0.363. The Kier molecular flexibility index (Phi) is 4.24. The fourth-order valence-corrected chi connectivity index (χ4v) is 5.68. The number of hydrogen-bond donors (Lipinski definition) is 4. The van der Waals surface area contributed by atoms with Gasteiger partial charge in [-0.25, -0.2) is 9.97 Å². The van der Waals surface area contributed by atoms with Crippen LogP contribution in [0.15, 0.2) is 36.4 Å². The molecule has 1 aliphatic carbocycles. The maximum Gasteiger partial charge on any atom is 0.124 e. The van der Waals surface area contributed by atoms with Gasteiger partial charge in [0.05, 0.1) is 28.8 Å². The van der Waals surface area contributed by atoms with Crippen LogP contribution < -0.4 is 10.6 Å². The first-order valence-corrected chi connectivity index (χ1v) is 12.0. The van der Waals surface area contributed by atoms with Crippen molar-refractivity contribution in [3.05, 3.63) is 59.3 Å². The van der Waals surface area contributed by atoms with E-state index in [0.717, 1.165) is 60.7 Å². The smallest absolute Gasteiger partial charge is 0.124 e. The number of aromatic nitrogens is 4. The van der Waals surface area contributed by atoms with Crippen LogP contribution in [0.1, 0.15) is 60.7 Å². The van der Waals surface area contributed by atoms with E-state index >= 15 is 0 Å². The highest BCUT2D eigenvalue weighted by Gasteiger charge is 2.25. The number of benzene rings is 2. The molecule has 0 saturated carbocycles. The Hall–Kier alpha value is -2.96. The van der Waals surface area contributed by atoms with Crippen molar-refractivity contribution in [2.24, 2.45) is 0 Å². The second-order valence-electron chi connectivity index (χ2n) is 9.47. The molecule has 6 nitrogen and oxygen atoms in total. The van der Waals surface area contributed by atoms with Gasteiger partial charge < -0.3 is 20.6 Å². The molecule has 4 heterocycles. The quantitative estimate of drug-likeness (QED) is 0.388. The van der Waals surface area contributed by atoms with Gasteiger partial charge in [-0.3, -0.25) is 0 Å². The Balaban J connectivity index is 1.22. The van der Waals surface area contributed by atoms with E-state index in [2.05, 4.69) is 57.0 Å². The van der Waals surface area contributed by atoms with E-state index in [1.54, 1.807) is 0 Å². The van der Waals surface area contributed by atoms with Crippen molar-refractivity contribution in [2.75, 3.05) is 13.1 Å². The Morgan fingerprint density at radius 1 is 0.750 bits per heavy atom. The average Bonchev–Trinajstić information content (AvgIpc) is 3.62. The van der Waals surface area contributed by atoms with E-state index < -0.39 is 0 Å². The van der Waals surface area contributed by atoms with Crippen molar-refractivity contribution >= 4 is 11.0 Å². The predicted molar refractivity (Wildman–Crippen MR) is 126 cm³/mol. The van der Waals surface area contributed by atoms with Gasteiger partial charge in [0.15, 0.2) is 0 Å². The zero-order valence-electron chi connectivity index (χ0n) is 18.2. The molecule has 0 spiro atoms. The average molecular weight is 425 g/mol. The number of fused-ring (bicyclic) bond motifs is 4. The summed E-state index contributed by atoms with van der Waals surface area (Å²) >= 11 is 0. The maximum absolute atomic E-state index is 5.02. The highest BCUT2D eigenvalue weighted by atomic mass is 15.1. The molecule has 4 aromatic rings. The number of rotatable bonds is 3. The van der Waals surface area contributed by atoms with Gasteiger partial charge in [0, 0.05) is 11.3 Å². The number of nitrogens with one attached hydrogen (secondary N) is 4. The van der Waals surface area contributed by atoms with Gasteiger partial charge in [-0.15, -0.1) is 0 Å². The SMILES string of the molecule is c1cc2c(cc1-c1ccc3nc([C@@H]4CCCN4)[nH]c3c1)CCc1[nH]c([C@@H]3CCCN3)nc1-2. The third-order valence-electron chi connectivity index (χ3n) is 7.42. The van der Waals surface area contributed by atoms with E-state index in [9.17, 15) is 0 Å². The Bertz CT molecular complexity index is 1300. The monoisotopic (exact) mass is 424 g/mol. The molecule has 2 aromatic heterocycles. The third kappa shape index (κ3) is 3.01. The Morgan fingerprint density at radius 2 is 1.50 bits per heavy atom. The molecular formula is C26H28N6. The normalized spacial score (nSPS) is 22.4. The first kappa shape index (κ1) is 18.6. The summed E-state index contributed by atoms with van der Waals surface area (Å²) in [5, 5.41) is 7.10. The second kappa shape index (κ2) is 7.29. The number of imidazole rings is 2. The van der Waals surface area contributed by atoms with E-state index in [4.69, 9.17) is 9.97 Å². The molecule has 7 rings (SSSR count). The second-order valence-corrected chi connectivity index (χ2v) is 9.47. The van der Waals surface area contributed by atoms with E-state index in [1.165, 1.54) is 47.2 Å². The summed E-state index contributed by atoms with van der Waals surface area (Å²) in [4.78, 5) is 17.0. The largest absolute Gasteiger partial charge is 0.344 e. The van der Waals surface area contributed by atoms with E-state index in [0.29, 0.717) is 12.1 Å². The molecule has 3 aliphatic rings. The lowest BCUT2D eigenvalue weighted by molar-refractivity contribution is 0.611. The number of hydrogen-bond acceptors (Lipinski definition) is 4. The molecule has 0 amide bonds. The number of aryl methyl sites for hydroxylation is 2. The molecule has 2 aliphatic heterocycles. The van der Waals surface area contributed by atoms with Crippen molar-refractivity contribution in [3.63, 3.8) is 0 Å². The van der Waals surface area contributed by atoms with Gasteiger partial charge in [-0.1, -0.05) is 24.3 Å². The number of aromatic amines is 2. The molecule has 6 heteroatoms. The predicted octanol–water partition coefficient (Wildman–Crippen LogP) is 4.57. The number of H-pyrrole nitrogens is 2. The van der Waals surface area contributed by atoms with Crippen molar-refractivity contribution in [2.45, 2.75) is 50.6 Å². The zero-order valence-corrected chi connectivity index (χ0v) is 18.2. The van der Waals surface area contributed by atoms with Gasteiger partial charge in [-0.2, -0.15) is 0 Å². The standard InChI is InChI=1S/C26H28N6/c1-3-21(27-11-1)25-29-19-9-6-16(14-23(19)31-25)15-5-8-18-17(13-15)7-10-20-24(18)32-26(30-20)22-4-2-12-28-22/h5-6,8-9,13-14,21-22,27-28H,1-4,7,10-12H2,(H,29,31)(H,30,32)/t21-,22-/m0/s1. The van der Waals surface area contributed by atoms with Gasteiger partial charge in [0.2, 0.25) is 0 Å². The number of nitrogens with zero attached hydrogens (tertiary/aromatic N) is 2. The molecule has 2 aromatic carbocycles.